The molecular weight excluding hydrogens is 332 g/mol. The number of aliphatic imine (C=N–C) groups is 1. The normalized spacial score (nSPS) is 18.1. The van der Waals surface area contributed by atoms with Gasteiger partial charge in [-0.15, -0.1) is 11.3 Å². The number of nitrogens with zero attached hydrogens (tertiary/aromatic N) is 5. The average Bonchev–Trinajstić information content (AvgIpc) is 3.34. The van der Waals surface area contributed by atoms with E-state index in [4.69, 9.17) is 0 Å². The van der Waals surface area contributed by atoms with E-state index in [1.165, 1.54) is 21.9 Å². The van der Waals surface area contributed by atoms with Crippen molar-refractivity contribution in [3.8, 4) is 0 Å². The van der Waals surface area contributed by atoms with Crippen LogP contribution in [0.4, 0.5) is 0 Å². The third-order valence-corrected chi connectivity index (χ3v) is 5.85. The Morgan fingerprint density at radius 1 is 1.44 bits per heavy atom. The highest BCUT2D eigenvalue weighted by molar-refractivity contribution is 7.11. The highest BCUT2D eigenvalue weighted by Crippen LogP contribution is 2.20. The van der Waals surface area contributed by atoms with Crippen molar-refractivity contribution in [3.63, 3.8) is 0 Å². The molecule has 1 aliphatic heterocycles. The van der Waals surface area contributed by atoms with Crippen LogP contribution in [0.5, 0.6) is 0 Å². The van der Waals surface area contributed by atoms with Gasteiger partial charge in [0.25, 0.3) is 0 Å². The lowest BCUT2D eigenvalue weighted by atomic mass is 10.0. The number of hydrogen-bond acceptors (Lipinski definition) is 4. The molecule has 2 aromatic heterocycles. The maximum atomic E-state index is 4.49. The van der Waals surface area contributed by atoms with Gasteiger partial charge in [0.1, 0.15) is 0 Å². The van der Waals surface area contributed by atoms with Gasteiger partial charge in [-0.25, -0.2) is 4.98 Å². The van der Waals surface area contributed by atoms with Crippen LogP contribution in [-0.4, -0.2) is 52.3 Å². The van der Waals surface area contributed by atoms with E-state index in [1.54, 1.807) is 0 Å². The molecule has 7 heteroatoms. The lowest BCUT2D eigenvalue weighted by Crippen LogP contribution is -2.41. The molecule has 1 atom stereocenters. The number of thiazole rings is 1. The Kier molecular flexibility index (Phi) is 6.07. The maximum Gasteiger partial charge on any atom is 0.193 e. The average molecular weight is 361 g/mol. The summed E-state index contributed by atoms with van der Waals surface area (Å²) in [4.78, 5) is 12.7. The van der Waals surface area contributed by atoms with Crippen molar-refractivity contribution in [2.75, 3.05) is 26.7 Å². The number of aryl methyl sites for hydroxylation is 2. The molecular formula is C18H28N6S. The largest absolute Gasteiger partial charge is 0.356 e. The molecule has 0 aromatic carbocycles. The van der Waals surface area contributed by atoms with Crippen LogP contribution in [0, 0.1) is 5.92 Å². The van der Waals surface area contributed by atoms with Crippen molar-refractivity contribution in [1.29, 1.82) is 0 Å². The summed E-state index contributed by atoms with van der Waals surface area (Å²) in [6, 6.07) is 0. The Morgan fingerprint density at radius 2 is 2.32 bits per heavy atom. The highest BCUT2D eigenvalue weighted by Gasteiger charge is 2.25. The monoisotopic (exact) mass is 360 g/mol. The van der Waals surface area contributed by atoms with E-state index in [1.807, 2.05) is 42.5 Å². The number of aromatic nitrogens is 3. The van der Waals surface area contributed by atoms with E-state index in [0.717, 1.165) is 44.9 Å². The molecule has 0 amide bonds. The summed E-state index contributed by atoms with van der Waals surface area (Å²) in [6.45, 7) is 5.19. The van der Waals surface area contributed by atoms with Gasteiger partial charge >= 0.3 is 0 Å². The molecule has 1 N–H and O–H groups in total. The van der Waals surface area contributed by atoms with Crippen LogP contribution in [0.25, 0.3) is 0 Å². The summed E-state index contributed by atoms with van der Waals surface area (Å²) in [6.07, 6.45) is 10.4. The molecule has 0 spiro atoms. The maximum absolute atomic E-state index is 4.49. The van der Waals surface area contributed by atoms with E-state index in [0.29, 0.717) is 5.92 Å². The molecule has 1 fully saturated rings. The van der Waals surface area contributed by atoms with Gasteiger partial charge in [-0.2, -0.15) is 5.10 Å². The molecule has 1 unspecified atom stereocenters. The molecule has 3 heterocycles. The zero-order valence-electron chi connectivity index (χ0n) is 15.4. The minimum Gasteiger partial charge on any atom is -0.356 e. The fourth-order valence-corrected chi connectivity index (χ4v) is 4.20. The highest BCUT2D eigenvalue weighted by atomic mass is 32.1. The SMILES string of the molecule is CCc1cnc(CCNC(=NC)N2CCC(Cc3cnn(C)c3)C2)s1. The molecule has 0 aliphatic carbocycles. The van der Waals surface area contributed by atoms with Crippen molar-refractivity contribution in [1.82, 2.24) is 25.0 Å². The van der Waals surface area contributed by atoms with Crippen LogP contribution in [0.2, 0.25) is 0 Å². The lowest BCUT2D eigenvalue weighted by molar-refractivity contribution is 0.460. The van der Waals surface area contributed by atoms with Gasteiger partial charge in [0.05, 0.1) is 11.2 Å². The van der Waals surface area contributed by atoms with Crippen molar-refractivity contribution in [2.24, 2.45) is 18.0 Å². The number of nitrogens with one attached hydrogen (secondary N) is 1. The fourth-order valence-electron chi connectivity index (χ4n) is 3.34. The second kappa shape index (κ2) is 8.47. The number of likely N-dealkylation sites (tertiary alicyclic amines) is 1. The summed E-state index contributed by atoms with van der Waals surface area (Å²) in [7, 11) is 3.84. The Balaban J connectivity index is 1.45. The molecule has 3 rings (SSSR count). The van der Waals surface area contributed by atoms with E-state index in [9.17, 15) is 0 Å². The van der Waals surface area contributed by atoms with Crippen molar-refractivity contribution < 1.29 is 0 Å². The number of hydrogen-bond donors (Lipinski definition) is 1. The van der Waals surface area contributed by atoms with E-state index in [2.05, 4.69) is 38.4 Å². The molecule has 0 saturated carbocycles. The summed E-state index contributed by atoms with van der Waals surface area (Å²) < 4.78 is 1.88. The van der Waals surface area contributed by atoms with Crippen LogP contribution < -0.4 is 5.32 Å². The summed E-state index contributed by atoms with van der Waals surface area (Å²) >= 11 is 1.82. The summed E-state index contributed by atoms with van der Waals surface area (Å²) in [5.74, 6) is 1.69. The molecule has 1 aliphatic rings. The fraction of sp³-hybridized carbons (Fsp3) is 0.611. The van der Waals surface area contributed by atoms with E-state index < -0.39 is 0 Å². The summed E-state index contributed by atoms with van der Waals surface area (Å²) in [5, 5.41) is 8.97. The second-order valence-corrected chi connectivity index (χ2v) is 7.82. The van der Waals surface area contributed by atoms with Gasteiger partial charge in [-0.05, 0) is 30.7 Å². The molecule has 136 valence electrons. The van der Waals surface area contributed by atoms with Gasteiger partial charge in [0.15, 0.2) is 5.96 Å². The van der Waals surface area contributed by atoms with E-state index >= 15 is 0 Å². The number of rotatable bonds is 6. The smallest absolute Gasteiger partial charge is 0.193 e. The Morgan fingerprint density at radius 3 is 3.00 bits per heavy atom. The first kappa shape index (κ1) is 17.9. The molecule has 2 aromatic rings. The van der Waals surface area contributed by atoms with Gasteiger partial charge in [0.2, 0.25) is 0 Å². The topological polar surface area (TPSA) is 58.3 Å². The van der Waals surface area contributed by atoms with Crippen LogP contribution in [-0.2, 0) is 26.3 Å². The van der Waals surface area contributed by atoms with E-state index in [-0.39, 0.29) is 0 Å². The zero-order valence-corrected chi connectivity index (χ0v) is 16.2. The van der Waals surface area contributed by atoms with Gasteiger partial charge in [-0.1, -0.05) is 6.92 Å². The summed E-state index contributed by atoms with van der Waals surface area (Å²) in [5.41, 5.74) is 1.33. The van der Waals surface area contributed by atoms with Crippen LogP contribution >= 0.6 is 11.3 Å². The first-order chi connectivity index (χ1) is 12.2. The van der Waals surface area contributed by atoms with Gasteiger partial charge in [-0.3, -0.25) is 9.67 Å². The number of guanidine groups is 1. The van der Waals surface area contributed by atoms with Crippen molar-refractivity contribution in [3.05, 3.63) is 34.0 Å². The third kappa shape index (κ3) is 4.81. The Labute approximate surface area is 154 Å². The Bertz CT molecular complexity index is 704. The zero-order chi connectivity index (χ0) is 17.6. The predicted octanol–water partition coefficient (Wildman–Crippen LogP) is 2.12. The quantitative estimate of drug-likeness (QED) is 0.633. The van der Waals surface area contributed by atoms with Gasteiger partial charge < -0.3 is 10.2 Å². The minimum atomic E-state index is 0.675. The van der Waals surface area contributed by atoms with Crippen molar-refractivity contribution in [2.45, 2.75) is 32.6 Å². The Hall–Kier alpha value is -1.89. The third-order valence-electron chi connectivity index (χ3n) is 4.65. The minimum absolute atomic E-state index is 0.675. The molecule has 25 heavy (non-hydrogen) atoms. The lowest BCUT2D eigenvalue weighted by Gasteiger charge is -2.21. The van der Waals surface area contributed by atoms with Gasteiger partial charge in [0, 0.05) is 57.4 Å². The first-order valence-electron chi connectivity index (χ1n) is 9.04. The second-order valence-electron chi connectivity index (χ2n) is 6.62. The van der Waals surface area contributed by atoms with Crippen LogP contribution in [0.1, 0.15) is 28.8 Å². The standard InChI is InChI=1S/C18H28N6S/c1-4-16-11-21-17(25-16)5-7-20-18(19-2)24-8-6-14(13-24)9-15-10-22-23(3)12-15/h10-12,14H,4-9,13H2,1-3H3,(H,19,20). The van der Waals surface area contributed by atoms with Crippen molar-refractivity contribution >= 4 is 17.3 Å². The molecule has 0 bridgehead atoms. The molecule has 0 radical (unpaired) electrons. The predicted molar refractivity (Wildman–Crippen MR) is 103 cm³/mol. The molecule has 6 nitrogen and oxygen atoms in total. The van der Waals surface area contributed by atoms with Crippen LogP contribution in [0.15, 0.2) is 23.6 Å². The van der Waals surface area contributed by atoms with Crippen LogP contribution in [0.3, 0.4) is 0 Å². The first-order valence-corrected chi connectivity index (χ1v) is 9.86. The molecule has 1 saturated heterocycles.